The number of imidazole rings is 1. The molecule has 1 aliphatic heterocycles. The van der Waals surface area contributed by atoms with E-state index in [9.17, 15) is 14.4 Å². The van der Waals surface area contributed by atoms with Crippen molar-refractivity contribution in [3.8, 4) is 11.3 Å². The van der Waals surface area contributed by atoms with Gasteiger partial charge in [-0.3, -0.25) is 18.8 Å². The number of nitrogens with zero attached hydrogens (tertiary/aromatic N) is 4. The smallest absolute Gasteiger partial charge is 0.272 e. The molecule has 29 heavy (non-hydrogen) atoms. The van der Waals surface area contributed by atoms with Gasteiger partial charge in [-0.05, 0) is 24.5 Å². The fraction of sp³-hybridized carbons (Fsp3) is 0.250. The summed E-state index contributed by atoms with van der Waals surface area (Å²) in [5.74, 6) is -1.55. The molecule has 4 N–H and O–H groups in total. The number of rotatable bonds is 4. The average Bonchev–Trinajstić information content (AvgIpc) is 3.17. The Morgan fingerprint density at radius 3 is 2.34 bits per heavy atom. The summed E-state index contributed by atoms with van der Waals surface area (Å²) in [7, 11) is 0. The first-order valence-corrected chi connectivity index (χ1v) is 9.27. The van der Waals surface area contributed by atoms with Gasteiger partial charge in [0.2, 0.25) is 5.91 Å². The van der Waals surface area contributed by atoms with Gasteiger partial charge in [-0.25, -0.2) is 9.97 Å². The van der Waals surface area contributed by atoms with Crippen LogP contribution in [0.4, 0.5) is 0 Å². The molecule has 9 heteroatoms. The second kappa shape index (κ2) is 7.34. The van der Waals surface area contributed by atoms with E-state index < -0.39 is 5.91 Å². The molecule has 1 saturated heterocycles. The normalized spacial score (nSPS) is 14.8. The molecule has 0 bridgehead atoms. The average molecular weight is 392 g/mol. The second-order valence-electron chi connectivity index (χ2n) is 7.01. The number of carbonyl (C=O) groups is 3. The molecule has 1 aliphatic rings. The zero-order valence-electron chi connectivity index (χ0n) is 15.6. The number of hydrogen-bond donors (Lipinski definition) is 2. The lowest BCUT2D eigenvalue weighted by Gasteiger charge is -2.30. The Bertz CT molecular complexity index is 1100. The number of hydrogen-bond acceptors (Lipinski definition) is 5. The van der Waals surface area contributed by atoms with E-state index >= 15 is 0 Å². The zero-order valence-corrected chi connectivity index (χ0v) is 15.6. The van der Waals surface area contributed by atoms with Crippen LogP contribution in [-0.4, -0.2) is 50.1 Å². The predicted octanol–water partition coefficient (Wildman–Crippen LogP) is 0.833. The Kier molecular flexibility index (Phi) is 4.71. The summed E-state index contributed by atoms with van der Waals surface area (Å²) in [5.41, 5.74) is 12.7. The maximum atomic E-state index is 13.1. The molecule has 0 saturated carbocycles. The summed E-state index contributed by atoms with van der Waals surface area (Å²) >= 11 is 0. The number of fused-ring (bicyclic) bond motifs is 1. The van der Waals surface area contributed by atoms with Crippen LogP contribution in [0.2, 0.25) is 0 Å². The van der Waals surface area contributed by atoms with Gasteiger partial charge in [-0.1, -0.05) is 30.3 Å². The summed E-state index contributed by atoms with van der Waals surface area (Å²) < 4.78 is 1.64. The van der Waals surface area contributed by atoms with Crippen molar-refractivity contribution >= 4 is 23.4 Å². The Hall–Kier alpha value is -3.75. The van der Waals surface area contributed by atoms with Crippen LogP contribution < -0.4 is 11.5 Å². The number of nitrogens with two attached hydrogens (primary N) is 2. The largest absolute Gasteiger partial charge is 0.369 e. The molecule has 0 spiro atoms. The topological polar surface area (TPSA) is 137 Å². The van der Waals surface area contributed by atoms with Crippen LogP contribution in [0.3, 0.4) is 0 Å². The van der Waals surface area contributed by atoms with Gasteiger partial charge in [-0.15, -0.1) is 0 Å². The lowest BCUT2D eigenvalue weighted by Crippen LogP contribution is -2.42. The van der Waals surface area contributed by atoms with E-state index in [1.807, 2.05) is 30.3 Å². The number of amides is 3. The molecule has 0 atom stereocenters. The highest BCUT2D eigenvalue weighted by atomic mass is 16.2. The minimum Gasteiger partial charge on any atom is -0.369 e. The van der Waals surface area contributed by atoms with Crippen molar-refractivity contribution in [1.82, 2.24) is 19.3 Å². The van der Waals surface area contributed by atoms with E-state index in [0.717, 1.165) is 5.56 Å². The molecule has 1 aromatic carbocycles. The van der Waals surface area contributed by atoms with Gasteiger partial charge in [0.1, 0.15) is 12.0 Å². The quantitative estimate of drug-likeness (QED) is 0.678. The Balaban J connectivity index is 1.76. The Morgan fingerprint density at radius 2 is 1.72 bits per heavy atom. The number of primary amides is 2. The minimum absolute atomic E-state index is 0.00395. The third-order valence-electron chi connectivity index (χ3n) is 5.21. The fourth-order valence-electron chi connectivity index (χ4n) is 3.61. The zero-order chi connectivity index (χ0) is 20.5. The summed E-state index contributed by atoms with van der Waals surface area (Å²) in [5, 5.41) is 0. The lowest BCUT2D eigenvalue weighted by molar-refractivity contribution is -0.123. The molecule has 4 rings (SSSR count). The van der Waals surface area contributed by atoms with E-state index in [1.54, 1.807) is 15.4 Å². The van der Waals surface area contributed by atoms with Gasteiger partial charge in [0, 0.05) is 19.0 Å². The molecule has 3 aromatic rings. The molecular formula is C20H20N6O3. The van der Waals surface area contributed by atoms with Gasteiger partial charge < -0.3 is 16.4 Å². The molecule has 0 aliphatic carbocycles. The van der Waals surface area contributed by atoms with E-state index in [-0.39, 0.29) is 34.8 Å². The first-order chi connectivity index (χ1) is 14.0. The molecular weight excluding hydrogens is 372 g/mol. The van der Waals surface area contributed by atoms with Crippen LogP contribution in [-0.2, 0) is 4.79 Å². The number of benzene rings is 1. The monoisotopic (exact) mass is 392 g/mol. The molecule has 3 amide bonds. The van der Waals surface area contributed by atoms with Crippen LogP contribution in [0, 0.1) is 5.92 Å². The maximum absolute atomic E-state index is 13.1. The second-order valence-corrected chi connectivity index (χ2v) is 7.01. The van der Waals surface area contributed by atoms with Crippen LogP contribution in [0.1, 0.15) is 33.8 Å². The summed E-state index contributed by atoms with van der Waals surface area (Å²) in [4.78, 5) is 46.4. The summed E-state index contributed by atoms with van der Waals surface area (Å²) in [6.45, 7) is 0.837. The van der Waals surface area contributed by atoms with E-state index in [1.165, 1.54) is 6.33 Å². The van der Waals surface area contributed by atoms with Crippen molar-refractivity contribution in [2.24, 2.45) is 17.4 Å². The first-order valence-electron chi connectivity index (χ1n) is 9.27. The van der Waals surface area contributed by atoms with Crippen molar-refractivity contribution in [3.05, 3.63) is 54.1 Å². The maximum Gasteiger partial charge on any atom is 0.272 e. The minimum atomic E-state index is -0.717. The van der Waals surface area contributed by atoms with Crippen LogP contribution in [0.5, 0.6) is 0 Å². The Morgan fingerprint density at radius 1 is 1.03 bits per heavy atom. The van der Waals surface area contributed by atoms with E-state index in [4.69, 9.17) is 11.5 Å². The Labute approximate surface area is 166 Å². The van der Waals surface area contributed by atoms with Gasteiger partial charge in [-0.2, -0.15) is 0 Å². The molecule has 2 aromatic heterocycles. The lowest BCUT2D eigenvalue weighted by atomic mass is 9.96. The van der Waals surface area contributed by atoms with Gasteiger partial charge in [0.25, 0.3) is 11.8 Å². The van der Waals surface area contributed by atoms with Gasteiger partial charge >= 0.3 is 0 Å². The van der Waals surface area contributed by atoms with Crippen molar-refractivity contribution in [2.45, 2.75) is 12.8 Å². The van der Waals surface area contributed by atoms with Crippen molar-refractivity contribution in [3.63, 3.8) is 0 Å². The molecule has 1 fully saturated rings. The summed E-state index contributed by atoms with van der Waals surface area (Å²) in [6, 6.07) is 11.1. The fourth-order valence-corrected chi connectivity index (χ4v) is 3.61. The predicted molar refractivity (Wildman–Crippen MR) is 105 cm³/mol. The highest BCUT2D eigenvalue weighted by Gasteiger charge is 2.28. The molecule has 148 valence electrons. The highest BCUT2D eigenvalue weighted by Crippen LogP contribution is 2.24. The molecule has 3 heterocycles. The third-order valence-corrected chi connectivity index (χ3v) is 5.21. The number of aromatic nitrogens is 3. The molecule has 0 radical (unpaired) electrons. The van der Waals surface area contributed by atoms with Crippen LogP contribution >= 0.6 is 0 Å². The van der Waals surface area contributed by atoms with Crippen molar-refractivity contribution < 1.29 is 14.4 Å². The highest BCUT2D eigenvalue weighted by molar-refractivity contribution is 5.99. The van der Waals surface area contributed by atoms with E-state index in [2.05, 4.69) is 9.97 Å². The first kappa shape index (κ1) is 18.6. The van der Waals surface area contributed by atoms with Crippen molar-refractivity contribution in [2.75, 3.05) is 13.1 Å². The summed E-state index contributed by atoms with van der Waals surface area (Å²) in [6.07, 6.45) is 2.51. The van der Waals surface area contributed by atoms with Gasteiger partial charge in [0.05, 0.1) is 5.69 Å². The SMILES string of the molecule is NC(=O)c1ncn2c(-c3ccccc3)cc(C(=O)N3CCC(C(N)=O)CC3)nc12. The number of likely N-dealkylation sites (tertiary alicyclic amines) is 1. The van der Waals surface area contributed by atoms with E-state index in [0.29, 0.717) is 31.6 Å². The van der Waals surface area contributed by atoms with Crippen molar-refractivity contribution in [1.29, 1.82) is 0 Å². The van der Waals surface area contributed by atoms with Gasteiger partial charge in [0.15, 0.2) is 11.3 Å². The number of carbonyl (C=O) groups excluding carboxylic acids is 3. The standard InChI is InChI=1S/C20H20N6O3/c21-17(27)13-6-8-25(9-7-13)20(29)14-10-15(12-4-2-1-3-5-12)26-11-23-16(18(22)28)19(26)24-14/h1-5,10-11,13H,6-9H2,(H2,21,27)(H2,22,28). The number of piperidine rings is 1. The molecule has 0 unspecified atom stereocenters. The third kappa shape index (κ3) is 3.42. The molecule has 9 nitrogen and oxygen atoms in total. The van der Waals surface area contributed by atoms with Crippen LogP contribution in [0.15, 0.2) is 42.7 Å². The van der Waals surface area contributed by atoms with Crippen LogP contribution in [0.25, 0.3) is 16.9 Å².